The Balaban J connectivity index is 1.21. The lowest BCUT2D eigenvalue weighted by atomic mass is 9.94. The molecular formula is C41H44N2O6. The predicted molar refractivity (Wildman–Crippen MR) is 188 cm³/mol. The molecular weight excluding hydrogens is 616 g/mol. The standard InChI is InChI=1S/C41H44N2O6/c44-28-36(25-31-20-22-37(23-21-31)48-29-32-14-6-2-7-15-32)43-39(45)26-34-18-10-11-19-35(24-30-12-4-1-5-13-30)41(47)49-38(27-42-40(34)46)33-16-8-3-9-17-33/h1-17,20-23,34-36,38,44H,18-19,24-29H2,(H,42,46)(H,43,45)/t34-,35-,36+,38-/m1/s1. The molecule has 0 bridgehead atoms. The van der Waals surface area contributed by atoms with Gasteiger partial charge in [0.1, 0.15) is 18.5 Å². The van der Waals surface area contributed by atoms with Crippen molar-refractivity contribution in [2.75, 3.05) is 13.2 Å². The second kappa shape index (κ2) is 18.4. The topological polar surface area (TPSA) is 114 Å². The molecule has 0 aromatic heterocycles. The van der Waals surface area contributed by atoms with E-state index in [4.69, 9.17) is 9.47 Å². The van der Waals surface area contributed by atoms with Gasteiger partial charge in [-0.2, -0.15) is 0 Å². The summed E-state index contributed by atoms with van der Waals surface area (Å²) in [5, 5.41) is 15.9. The number of benzene rings is 4. The van der Waals surface area contributed by atoms with Crippen LogP contribution in [0.4, 0.5) is 0 Å². The number of aliphatic hydroxyl groups is 1. The van der Waals surface area contributed by atoms with Gasteiger partial charge in [0.05, 0.1) is 31.0 Å². The molecule has 0 saturated carbocycles. The van der Waals surface area contributed by atoms with Gasteiger partial charge in [-0.05, 0) is 60.1 Å². The number of hydrogen-bond donors (Lipinski definition) is 3. The molecule has 2 amide bonds. The lowest BCUT2D eigenvalue weighted by molar-refractivity contribution is -0.154. The number of amides is 2. The van der Waals surface area contributed by atoms with E-state index in [1.165, 1.54) is 0 Å². The van der Waals surface area contributed by atoms with E-state index < -0.39 is 24.0 Å². The Hall–Kier alpha value is -5.21. The van der Waals surface area contributed by atoms with E-state index in [1.54, 1.807) is 0 Å². The van der Waals surface area contributed by atoms with E-state index in [0.29, 0.717) is 32.3 Å². The maximum atomic E-state index is 13.4. The minimum Gasteiger partial charge on any atom is -0.489 e. The SMILES string of the molecule is O=C(C[C@H]1CC=CC[C@H](Cc2ccccc2)C(=O)O[C@@H](c2ccccc2)CNC1=O)N[C@H](CO)Cc1ccc(OCc2ccccc2)cc1. The third-order valence-corrected chi connectivity index (χ3v) is 8.60. The van der Waals surface area contributed by atoms with Gasteiger partial charge in [-0.3, -0.25) is 14.4 Å². The number of carbonyl (C=O) groups excluding carboxylic acids is 3. The number of ether oxygens (including phenoxy) is 2. The number of aliphatic hydroxyl groups excluding tert-OH is 1. The zero-order valence-corrected chi connectivity index (χ0v) is 27.6. The maximum absolute atomic E-state index is 13.4. The van der Waals surface area contributed by atoms with Crippen LogP contribution in [0.3, 0.4) is 0 Å². The van der Waals surface area contributed by atoms with Gasteiger partial charge in [0, 0.05) is 6.42 Å². The lowest BCUT2D eigenvalue weighted by Crippen LogP contribution is -2.42. The zero-order chi connectivity index (χ0) is 34.3. The van der Waals surface area contributed by atoms with Gasteiger partial charge in [-0.25, -0.2) is 0 Å². The summed E-state index contributed by atoms with van der Waals surface area (Å²) in [6, 6.07) is 36.2. The van der Waals surface area contributed by atoms with Crippen molar-refractivity contribution < 1.29 is 29.0 Å². The van der Waals surface area contributed by atoms with Crippen LogP contribution in [0.5, 0.6) is 5.75 Å². The molecule has 8 heteroatoms. The molecule has 4 atom stereocenters. The average Bonchev–Trinajstić information content (AvgIpc) is 3.14. The Kier molecular flexibility index (Phi) is 13.2. The minimum atomic E-state index is -0.678. The Morgan fingerprint density at radius 3 is 2.06 bits per heavy atom. The number of allylic oxidation sites excluding steroid dienone is 2. The number of cyclic esters (lactones) is 1. The van der Waals surface area contributed by atoms with Crippen LogP contribution in [0, 0.1) is 11.8 Å². The molecule has 1 aliphatic heterocycles. The molecule has 1 heterocycles. The molecule has 0 unspecified atom stereocenters. The van der Waals surface area contributed by atoms with Crippen LogP contribution in [0.15, 0.2) is 127 Å². The largest absolute Gasteiger partial charge is 0.489 e. The Morgan fingerprint density at radius 2 is 1.41 bits per heavy atom. The van der Waals surface area contributed by atoms with Gasteiger partial charge in [-0.1, -0.05) is 115 Å². The Morgan fingerprint density at radius 1 is 0.796 bits per heavy atom. The molecule has 8 nitrogen and oxygen atoms in total. The highest BCUT2D eigenvalue weighted by Crippen LogP contribution is 2.24. The molecule has 0 fully saturated rings. The third-order valence-electron chi connectivity index (χ3n) is 8.60. The lowest BCUT2D eigenvalue weighted by Gasteiger charge is -2.24. The summed E-state index contributed by atoms with van der Waals surface area (Å²) >= 11 is 0. The summed E-state index contributed by atoms with van der Waals surface area (Å²) < 4.78 is 11.9. The fourth-order valence-corrected chi connectivity index (χ4v) is 5.85. The number of hydrogen-bond acceptors (Lipinski definition) is 6. The second-order valence-electron chi connectivity index (χ2n) is 12.4. The number of esters is 1. The quantitative estimate of drug-likeness (QED) is 0.129. The highest BCUT2D eigenvalue weighted by Gasteiger charge is 2.28. The Bertz CT molecular complexity index is 1640. The van der Waals surface area contributed by atoms with Crippen LogP contribution in [0.1, 0.15) is 47.6 Å². The average molecular weight is 661 g/mol. The molecule has 3 N–H and O–H groups in total. The van der Waals surface area contributed by atoms with Gasteiger partial charge in [0.2, 0.25) is 11.8 Å². The van der Waals surface area contributed by atoms with Crippen LogP contribution in [0.25, 0.3) is 0 Å². The van der Waals surface area contributed by atoms with Crippen molar-refractivity contribution >= 4 is 17.8 Å². The highest BCUT2D eigenvalue weighted by atomic mass is 16.5. The second-order valence-corrected chi connectivity index (χ2v) is 12.4. The first kappa shape index (κ1) is 35.1. The van der Waals surface area contributed by atoms with E-state index in [9.17, 15) is 19.5 Å². The maximum Gasteiger partial charge on any atom is 0.310 e. The third kappa shape index (κ3) is 11.2. The molecule has 0 saturated heterocycles. The van der Waals surface area contributed by atoms with Crippen LogP contribution < -0.4 is 15.4 Å². The van der Waals surface area contributed by atoms with Crippen molar-refractivity contribution in [1.82, 2.24) is 10.6 Å². The van der Waals surface area contributed by atoms with Crippen molar-refractivity contribution in [3.63, 3.8) is 0 Å². The van der Waals surface area contributed by atoms with E-state index in [2.05, 4.69) is 10.6 Å². The molecule has 0 radical (unpaired) electrons. The summed E-state index contributed by atoms with van der Waals surface area (Å²) in [7, 11) is 0. The van der Waals surface area contributed by atoms with Crippen LogP contribution in [-0.2, 0) is 38.6 Å². The van der Waals surface area contributed by atoms with Crippen molar-refractivity contribution in [3.8, 4) is 5.75 Å². The fourth-order valence-electron chi connectivity index (χ4n) is 5.85. The number of rotatable bonds is 12. The molecule has 4 aromatic carbocycles. The first-order chi connectivity index (χ1) is 24.0. The first-order valence-corrected chi connectivity index (χ1v) is 16.8. The van der Waals surface area contributed by atoms with E-state index >= 15 is 0 Å². The zero-order valence-electron chi connectivity index (χ0n) is 27.6. The van der Waals surface area contributed by atoms with Crippen LogP contribution >= 0.6 is 0 Å². The highest BCUT2D eigenvalue weighted by molar-refractivity contribution is 5.86. The Labute approximate surface area is 288 Å². The van der Waals surface area contributed by atoms with Gasteiger partial charge in [-0.15, -0.1) is 0 Å². The summed E-state index contributed by atoms with van der Waals surface area (Å²) in [5.41, 5.74) is 3.82. The summed E-state index contributed by atoms with van der Waals surface area (Å²) in [4.78, 5) is 40.1. The monoisotopic (exact) mass is 660 g/mol. The van der Waals surface area contributed by atoms with Crippen molar-refractivity contribution in [3.05, 3.63) is 150 Å². The molecule has 1 aliphatic rings. The van der Waals surface area contributed by atoms with Gasteiger partial charge in [0.15, 0.2) is 0 Å². The normalized spacial score (nSPS) is 19.0. The van der Waals surface area contributed by atoms with Crippen molar-refractivity contribution in [2.45, 2.75) is 50.9 Å². The van der Waals surface area contributed by atoms with Crippen molar-refractivity contribution in [2.24, 2.45) is 11.8 Å². The van der Waals surface area contributed by atoms with E-state index in [-0.39, 0.29) is 37.4 Å². The fraction of sp³-hybridized carbons (Fsp3) is 0.293. The van der Waals surface area contributed by atoms with Crippen LogP contribution in [-0.4, -0.2) is 42.1 Å². The number of carbonyl (C=O) groups is 3. The van der Waals surface area contributed by atoms with Gasteiger partial charge >= 0.3 is 5.97 Å². The minimum absolute atomic E-state index is 0.0534. The molecule has 0 aliphatic carbocycles. The predicted octanol–water partition coefficient (Wildman–Crippen LogP) is 5.90. The molecule has 254 valence electrons. The molecule has 0 spiro atoms. The number of nitrogens with one attached hydrogen (secondary N) is 2. The summed E-state index contributed by atoms with van der Waals surface area (Å²) in [6.45, 7) is 0.298. The molecule has 49 heavy (non-hydrogen) atoms. The van der Waals surface area contributed by atoms with E-state index in [1.807, 2.05) is 127 Å². The first-order valence-electron chi connectivity index (χ1n) is 16.8. The van der Waals surface area contributed by atoms with Gasteiger partial charge in [0.25, 0.3) is 0 Å². The van der Waals surface area contributed by atoms with Crippen molar-refractivity contribution in [1.29, 1.82) is 0 Å². The summed E-state index contributed by atoms with van der Waals surface area (Å²) in [6.07, 6.45) is 4.75. The molecule has 5 rings (SSSR count). The summed E-state index contributed by atoms with van der Waals surface area (Å²) in [5.74, 6) is -1.26. The van der Waals surface area contributed by atoms with Crippen LogP contribution in [0.2, 0.25) is 0 Å². The molecule has 4 aromatic rings. The van der Waals surface area contributed by atoms with Gasteiger partial charge < -0.3 is 25.2 Å². The smallest absolute Gasteiger partial charge is 0.310 e. The van der Waals surface area contributed by atoms with E-state index in [0.717, 1.165) is 28.0 Å².